The molecule has 0 spiro atoms. The van der Waals surface area contributed by atoms with Gasteiger partial charge < -0.3 is 11.1 Å². The molecule has 3 heterocycles. The monoisotopic (exact) mass is 393 g/mol. The zero-order valence-corrected chi connectivity index (χ0v) is 15.8. The summed E-state index contributed by atoms with van der Waals surface area (Å²) in [6.45, 7) is 2.63. The minimum Gasteiger partial charge on any atom is -0.364 e. The molecule has 0 radical (unpaired) electrons. The Morgan fingerprint density at radius 3 is 2.62 bits per heavy atom. The molecule has 1 saturated carbocycles. The first-order chi connectivity index (χ1) is 14.0. The molecule has 29 heavy (non-hydrogen) atoms. The lowest BCUT2D eigenvalue weighted by atomic mass is 9.60. The third kappa shape index (κ3) is 3.75. The van der Waals surface area contributed by atoms with E-state index in [4.69, 9.17) is 5.73 Å². The molecule has 8 nitrogen and oxygen atoms in total. The fourth-order valence-electron chi connectivity index (χ4n) is 3.89. The summed E-state index contributed by atoms with van der Waals surface area (Å²) < 4.78 is 14.3. The Labute approximate surface area is 166 Å². The van der Waals surface area contributed by atoms with Crippen LogP contribution in [0.25, 0.3) is 11.4 Å². The summed E-state index contributed by atoms with van der Waals surface area (Å²) >= 11 is 0. The van der Waals surface area contributed by atoms with Gasteiger partial charge in [-0.3, -0.25) is 9.78 Å². The van der Waals surface area contributed by atoms with Crippen molar-refractivity contribution in [2.45, 2.75) is 25.2 Å². The Balaban J connectivity index is 1.50. The number of aromatic nitrogens is 5. The van der Waals surface area contributed by atoms with Gasteiger partial charge in [0.1, 0.15) is 11.5 Å². The standard InChI is InChI=1S/C20H20FN7O/c1-12-7-20(8-12,16-14(21)3-2-5-23-16)11-27-19-25-9-13(10-26-19)18-24-6-4-15(28-18)17(22)29/h2-6,9-10,12H,7-8,11H2,1H3,(H2,22,29)(H,25,26,27)/t12-,20-. The lowest BCUT2D eigenvalue weighted by Crippen LogP contribution is -2.47. The number of nitrogens with zero attached hydrogens (tertiary/aromatic N) is 5. The highest BCUT2D eigenvalue weighted by Crippen LogP contribution is 2.47. The van der Waals surface area contributed by atoms with Crippen LogP contribution < -0.4 is 11.1 Å². The summed E-state index contributed by atoms with van der Waals surface area (Å²) in [4.78, 5) is 32.4. The number of anilines is 1. The molecule has 0 unspecified atom stereocenters. The lowest BCUT2D eigenvalue weighted by molar-refractivity contribution is 0.0995. The number of pyridine rings is 1. The van der Waals surface area contributed by atoms with Gasteiger partial charge in [0.05, 0.1) is 11.3 Å². The molecule has 148 valence electrons. The number of hydrogen-bond acceptors (Lipinski definition) is 7. The van der Waals surface area contributed by atoms with Crippen LogP contribution in [0.15, 0.2) is 43.0 Å². The van der Waals surface area contributed by atoms with Crippen molar-refractivity contribution in [2.75, 3.05) is 11.9 Å². The number of nitrogens with one attached hydrogen (secondary N) is 1. The highest BCUT2D eigenvalue weighted by atomic mass is 19.1. The molecule has 1 aliphatic carbocycles. The second kappa shape index (κ2) is 7.50. The Morgan fingerprint density at radius 2 is 1.97 bits per heavy atom. The van der Waals surface area contributed by atoms with Crippen LogP contribution in [0.2, 0.25) is 0 Å². The predicted octanol–water partition coefficient (Wildman–Crippen LogP) is 2.35. The van der Waals surface area contributed by atoms with Gasteiger partial charge in [0.15, 0.2) is 5.82 Å². The maximum Gasteiger partial charge on any atom is 0.267 e. The van der Waals surface area contributed by atoms with Crippen molar-refractivity contribution >= 4 is 11.9 Å². The number of nitrogens with two attached hydrogens (primary N) is 1. The van der Waals surface area contributed by atoms with Crippen molar-refractivity contribution in [3.05, 3.63) is 60.2 Å². The van der Waals surface area contributed by atoms with E-state index in [2.05, 4.69) is 37.2 Å². The average Bonchev–Trinajstić information content (AvgIpc) is 2.71. The molecule has 3 aromatic heterocycles. The second-order valence-electron chi connectivity index (χ2n) is 7.41. The molecule has 1 amide bonds. The van der Waals surface area contributed by atoms with Gasteiger partial charge in [-0.15, -0.1) is 0 Å². The minimum absolute atomic E-state index is 0.121. The summed E-state index contributed by atoms with van der Waals surface area (Å²) in [5.74, 6) is 0.317. The van der Waals surface area contributed by atoms with E-state index in [1.54, 1.807) is 24.7 Å². The molecule has 0 aromatic carbocycles. The van der Waals surface area contributed by atoms with Crippen molar-refractivity contribution in [3.63, 3.8) is 0 Å². The molecule has 0 saturated heterocycles. The zero-order chi connectivity index (χ0) is 20.4. The van der Waals surface area contributed by atoms with Crippen LogP contribution in [0.5, 0.6) is 0 Å². The van der Waals surface area contributed by atoms with E-state index in [1.165, 1.54) is 18.3 Å². The molecular weight excluding hydrogens is 373 g/mol. The molecule has 0 aliphatic heterocycles. The highest BCUT2D eigenvalue weighted by Gasteiger charge is 2.46. The van der Waals surface area contributed by atoms with Crippen LogP contribution in [0, 0.1) is 11.7 Å². The van der Waals surface area contributed by atoms with Gasteiger partial charge in [-0.25, -0.2) is 24.3 Å². The summed E-state index contributed by atoms with van der Waals surface area (Å²) in [7, 11) is 0. The first kappa shape index (κ1) is 18.9. The van der Waals surface area contributed by atoms with Gasteiger partial charge in [0, 0.05) is 36.7 Å². The molecule has 3 aromatic rings. The smallest absolute Gasteiger partial charge is 0.267 e. The largest absolute Gasteiger partial charge is 0.364 e. The van der Waals surface area contributed by atoms with E-state index in [0.717, 1.165) is 12.8 Å². The van der Waals surface area contributed by atoms with Crippen molar-refractivity contribution in [1.29, 1.82) is 0 Å². The molecular formula is C20H20FN7O. The number of carbonyl (C=O) groups is 1. The highest BCUT2D eigenvalue weighted by molar-refractivity contribution is 5.91. The van der Waals surface area contributed by atoms with Crippen LogP contribution >= 0.6 is 0 Å². The fraction of sp³-hybridized carbons (Fsp3) is 0.300. The molecule has 0 atom stereocenters. The minimum atomic E-state index is -0.630. The maximum absolute atomic E-state index is 14.3. The van der Waals surface area contributed by atoms with Crippen molar-refractivity contribution in [1.82, 2.24) is 24.9 Å². The van der Waals surface area contributed by atoms with E-state index in [1.807, 2.05) is 0 Å². The average molecular weight is 393 g/mol. The topological polar surface area (TPSA) is 120 Å². The summed E-state index contributed by atoms with van der Waals surface area (Å²) in [5.41, 5.74) is 6.04. The van der Waals surface area contributed by atoms with Gasteiger partial charge >= 0.3 is 0 Å². The Kier molecular flexibility index (Phi) is 4.87. The molecule has 3 N–H and O–H groups in total. The van der Waals surface area contributed by atoms with Gasteiger partial charge in [-0.05, 0) is 37.0 Å². The van der Waals surface area contributed by atoms with Gasteiger partial charge in [0.25, 0.3) is 5.91 Å². The number of halogens is 1. The molecule has 1 fully saturated rings. The van der Waals surface area contributed by atoms with E-state index in [-0.39, 0.29) is 16.9 Å². The first-order valence-electron chi connectivity index (χ1n) is 9.27. The number of hydrogen-bond donors (Lipinski definition) is 2. The number of primary amides is 1. The maximum atomic E-state index is 14.3. The second-order valence-corrected chi connectivity index (χ2v) is 7.41. The molecule has 0 bridgehead atoms. The molecule has 1 aliphatic rings. The van der Waals surface area contributed by atoms with E-state index < -0.39 is 5.91 Å². The molecule has 4 rings (SSSR count). The van der Waals surface area contributed by atoms with Crippen LogP contribution in [0.3, 0.4) is 0 Å². The van der Waals surface area contributed by atoms with Gasteiger partial charge in [-0.2, -0.15) is 0 Å². The lowest BCUT2D eigenvalue weighted by Gasteiger charge is -2.46. The van der Waals surface area contributed by atoms with Crippen LogP contribution in [-0.2, 0) is 5.41 Å². The number of rotatable bonds is 6. The third-order valence-corrected chi connectivity index (χ3v) is 5.14. The Hall–Kier alpha value is -3.49. The van der Waals surface area contributed by atoms with Gasteiger partial charge in [-0.1, -0.05) is 6.92 Å². The van der Waals surface area contributed by atoms with Crippen LogP contribution in [0.4, 0.5) is 10.3 Å². The normalized spacial score (nSPS) is 20.7. The fourth-order valence-corrected chi connectivity index (χ4v) is 3.89. The number of carbonyl (C=O) groups excluding carboxylic acids is 1. The summed E-state index contributed by atoms with van der Waals surface area (Å²) in [6.07, 6.45) is 7.89. The molecule has 9 heteroatoms. The van der Waals surface area contributed by atoms with Crippen LogP contribution in [-0.4, -0.2) is 37.4 Å². The first-order valence-corrected chi connectivity index (χ1v) is 9.27. The van der Waals surface area contributed by atoms with Gasteiger partial charge in [0.2, 0.25) is 5.95 Å². The van der Waals surface area contributed by atoms with Crippen molar-refractivity contribution in [3.8, 4) is 11.4 Å². The van der Waals surface area contributed by atoms with E-state index in [0.29, 0.717) is 35.5 Å². The quantitative estimate of drug-likeness (QED) is 0.659. The van der Waals surface area contributed by atoms with Crippen molar-refractivity contribution < 1.29 is 9.18 Å². The third-order valence-electron chi connectivity index (χ3n) is 5.14. The summed E-state index contributed by atoms with van der Waals surface area (Å²) in [6, 6.07) is 4.48. The van der Waals surface area contributed by atoms with Crippen LogP contribution in [0.1, 0.15) is 35.9 Å². The predicted molar refractivity (Wildman–Crippen MR) is 104 cm³/mol. The Bertz CT molecular complexity index is 1040. The summed E-state index contributed by atoms with van der Waals surface area (Å²) in [5, 5.41) is 3.20. The van der Waals surface area contributed by atoms with E-state index in [9.17, 15) is 9.18 Å². The van der Waals surface area contributed by atoms with E-state index >= 15 is 0 Å². The Morgan fingerprint density at radius 1 is 1.21 bits per heavy atom. The van der Waals surface area contributed by atoms with Crippen molar-refractivity contribution in [2.24, 2.45) is 11.7 Å². The number of amides is 1. The SMILES string of the molecule is C[C@H]1C[C@](CNc2ncc(-c3nccc(C(N)=O)n3)cn2)(c2ncccc2F)C1. The zero-order valence-electron chi connectivity index (χ0n) is 15.8.